The molecule has 0 aliphatic rings. The van der Waals surface area contributed by atoms with Gasteiger partial charge in [-0.25, -0.2) is 0 Å². The van der Waals surface area contributed by atoms with E-state index in [0.717, 1.165) is 10.9 Å². The van der Waals surface area contributed by atoms with E-state index in [1.165, 1.54) is 18.2 Å². The van der Waals surface area contributed by atoms with E-state index < -0.39 is 4.92 Å². The second-order valence-corrected chi connectivity index (χ2v) is 5.50. The van der Waals surface area contributed by atoms with Crippen LogP contribution in [0, 0.1) is 10.1 Å². The van der Waals surface area contributed by atoms with Crippen LogP contribution in [0.15, 0.2) is 48.5 Å². The first-order valence-corrected chi connectivity index (χ1v) is 7.79. The summed E-state index contributed by atoms with van der Waals surface area (Å²) in [6.45, 7) is 0.385. The van der Waals surface area contributed by atoms with Crippen LogP contribution in [-0.4, -0.2) is 16.9 Å². The molecule has 110 valence electrons. The van der Waals surface area contributed by atoms with Crippen molar-refractivity contribution >= 4 is 33.2 Å². The Morgan fingerprint density at radius 1 is 1.24 bits per heavy atom. The lowest BCUT2D eigenvalue weighted by molar-refractivity contribution is -0.384. The first kappa shape index (κ1) is 15.8. The molecule has 0 radical (unpaired) electrons. The second kappa shape index (κ2) is 7.43. The van der Waals surface area contributed by atoms with E-state index in [-0.39, 0.29) is 11.6 Å². The summed E-state index contributed by atoms with van der Waals surface area (Å²) in [6.07, 6.45) is 0. The van der Waals surface area contributed by atoms with E-state index in [0.29, 0.717) is 17.4 Å². The molecule has 1 unspecified atom stereocenters. The number of nitro benzene ring substituents is 1. The maximum absolute atomic E-state index is 10.8. The molecule has 21 heavy (non-hydrogen) atoms. The number of rotatable bonds is 6. The highest BCUT2D eigenvalue weighted by Crippen LogP contribution is 2.30. The smallest absolute Gasteiger partial charge is 0.273 e. The highest BCUT2D eigenvalue weighted by Gasteiger charge is 2.14. The Labute approximate surface area is 136 Å². The lowest BCUT2D eigenvalue weighted by Gasteiger charge is -2.16. The van der Waals surface area contributed by atoms with Gasteiger partial charge in [-0.15, -0.1) is 0 Å². The molecule has 0 fully saturated rings. The van der Waals surface area contributed by atoms with Crippen molar-refractivity contribution in [2.24, 2.45) is 0 Å². The first-order chi connectivity index (χ1) is 10.1. The SMILES string of the molecule is O=[N+]([O-])c1ccc(Cl)c(OCC(CBr)c2ccccc2)c1. The highest BCUT2D eigenvalue weighted by atomic mass is 79.9. The van der Waals surface area contributed by atoms with Crippen molar-refractivity contribution in [3.8, 4) is 5.75 Å². The largest absolute Gasteiger partial charge is 0.491 e. The molecule has 0 heterocycles. The fourth-order valence-electron chi connectivity index (χ4n) is 1.86. The molecule has 0 aromatic heterocycles. The normalized spacial score (nSPS) is 11.9. The number of benzene rings is 2. The van der Waals surface area contributed by atoms with Crippen LogP contribution in [0.5, 0.6) is 5.75 Å². The molecule has 2 rings (SSSR count). The molecule has 0 saturated carbocycles. The average molecular weight is 371 g/mol. The van der Waals surface area contributed by atoms with Gasteiger partial charge in [0.15, 0.2) is 0 Å². The number of hydrogen-bond donors (Lipinski definition) is 0. The van der Waals surface area contributed by atoms with Gasteiger partial charge in [-0.3, -0.25) is 10.1 Å². The fourth-order valence-corrected chi connectivity index (χ4v) is 2.59. The number of halogens is 2. The van der Waals surface area contributed by atoms with E-state index >= 15 is 0 Å². The summed E-state index contributed by atoms with van der Waals surface area (Å²) < 4.78 is 5.67. The molecule has 6 heteroatoms. The Kier molecular flexibility index (Phi) is 5.59. The summed E-state index contributed by atoms with van der Waals surface area (Å²) >= 11 is 9.48. The molecule has 2 aromatic rings. The van der Waals surface area contributed by atoms with E-state index in [9.17, 15) is 10.1 Å². The molecule has 0 saturated heterocycles. The summed E-state index contributed by atoms with van der Waals surface area (Å²) in [5.41, 5.74) is 1.10. The van der Waals surface area contributed by atoms with Crippen molar-refractivity contribution in [1.82, 2.24) is 0 Å². The molecule has 0 aliphatic carbocycles. The third kappa shape index (κ3) is 4.19. The molecular formula is C15H13BrClNO3. The number of hydrogen-bond acceptors (Lipinski definition) is 3. The lowest BCUT2D eigenvalue weighted by atomic mass is 10.0. The maximum Gasteiger partial charge on any atom is 0.273 e. The number of nitro groups is 1. The molecule has 0 bridgehead atoms. The molecule has 0 aliphatic heterocycles. The van der Waals surface area contributed by atoms with Gasteiger partial charge in [0.05, 0.1) is 22.6 Å². The Bertz CT molecular complexity index is 622. The van der Waals surface area contributed by atoms with E-state index in [4.69, 9.17) is 16.3 Å². The van der Waals surface area contributed by atoms with Gasteiger partial charge in [-0.05, 0) is 11.6 Å². The standard InChI is InChI=1S/C15H13BrClNO3/c16-9-12(11-4-2-1-3-5-11)10-21-15-8-13(18(19)20)6-7-14(15)17/h1-8,12H,9-10H2. The topological polar surface area (TPSA) is 52.4 Å². The van der Waals surface area contributed by atoms with Gasteiger partial charge in [0.2, 0.25) is 0 Å². The highest BCUT2D eigenvalue weighted by molar-refractivity contribution is 9.09. The molecule has 0 N–H and O–H groups in total. The third-order valence-electron chi connectivity index (χ3n) is 3.02. The minimum absolute atomic E-state index is 0.0375. The summed E-state index contributed by atoms with van der Waals surface area (Å²) in [4.78, 5) is 10.3. The summed E-state index contributed by atoms with van der Waals surface area (Å²) in [5, 5.41) is 11.9. The fraction of sp³-hybridized carbons (Fsp3) is 0.200. The average Bonchev–Trinajstić information content (AvgIpc) is 2.50. The van der Waals surface area contributed by atoms with Crippen LogP contribution < -0.4 is 4.74 Å². The number of nitrogens with zero attached hydrogens (tertiary/aromatic N) is 1. The predicted octanol–water partition coefficient (Wildman–Crippen LogP) is 4.81. The molecule has 1 atom stereocenters. The van der Waals surface area contributed by atoms with Gasteiger partial charge in [-0.1, -0.05) is 57.9 Å². The molecule has 2 aromatic carbocycles. The van der Waals surface area contributed by atoms with Gasteiger partial charge in [0, 0.05) is 17.3 Å². The van der Waals surface area contributed by atoms with Gasteiger partial charge in [-0.2, -0.15) is 0 Å². The molecule has 0 amide bonds. The van der Waals surface area contributed by atoms with Gasteiger partial charge in [0.25, 0.3) is 5.69 Å². The zero-order valence-corrected chi connectivity index (χ0v) is 13.4. The van der Waals surface area contributed by atoms with Gasteiger partial charge in [0.1, 0.15) is 5.75 Å². The minimum atomic E-state index is -0.470. The van der Waals surface area contributed by atoms with Crippen LogP contribution in [0.4, 0.5) is 5.69 Å². The van der Waals surface area contributed by atoms with Crippen molar-refractivity contribution in [3.63, 3.8) is 0 Å². The lowest BCUT2D eigenvalue weighted by Crippen LogP contribution is -2.12. The Morgan fingerprint density at radius 3 is 2.57 bits per heavy atom. The van der Waals surface area contributed by atoms with Crippen LogP contribution in [0.25, 0.3) is 0 Å². The Hall–Kier alpha value is -1.59. The summed E-state index contributed by atoms with van der Waals surface area (Å²) in [7, 11) is 0. The number of ether oxygens (including phenoxy) is 1. The zero-order valence-electron chi connectivity index (χ0n) is 11.0. The molecule has 4 nitrogen and oxygen atoms in total. The summed E-state index contributed by atoms with van der Waals surface area (Å²) in [6, 6.07) is 14.1. The number of non-ortho nitro benzene ring substituents is 1. The number of alkyl halides is 1. The summed E-state index contributed by atoms with van der Waals surface area (Å²) in [5.74, 6) is 0.467. The Balaban J connectivity index is 2.11. The predicted molar refractivity (Wildman–Crippen MR) is 86.6 cm³/mol. The first-order valence-electron chi connectivity index (χ1n) is 6.29. The zero-order chi connectivity index (χ0) is 15.2. The van der Waals surface area contributed by atoms with Crippen molar-refractivity contribution in [2.45, 2.75) is 5.92 Å². The van der Waals surface area contributed by atoms with Crippen molar-refractivity contribution in [2.75, 3.05) is 11.9 Å². The van der Waals surface area contributed by atoms with Crippen molar-refractivity contribution < 1.29 is 9.66 Å². The quantitative estimate of drug-likeness (QED) is 0.417. The molecular weight excluding hydrogens is 358 g/mol. The van der Waals surface area contributed by atoms with E-state index in [1.54, 1.807) is 0 Å². The van der Waals surface area contributed by atoms with E-state index in [2.05, 4.69) is 15.9 Å². The van der Waals surface area contributed by atoms with Gasteiger partial charge < -0.3 is 4.74 Å². The van der Waals surface area contributed by atoms with Crippen LogP contribution in [0.2, 0.25) is 5.02 Å². The van der Waals surface area contributed by atoms with Crippen LogP contribution in [0.3, 0.4) is 0 Å². The monoisotopic (exact) mass is 369 g/mol. The van der Waals surface area contributed by atoms with Crippen molar-refractivity contribution in [3.05, 3.63) is 69.2 Å². The van der Waals surface area contributed by atoms with Crippen molar-refractivity contribution in [1.29, 1.82) is 0 Å². The molecule has 0 spiro atoms. The van der Waals surface area contributed by atoms with Crippen LogP contribution >= 0.6 is 27.5 Å². The van der Waals surface area contributed by atoms with Gasteiger partial charge >= 0.3 is 0 Å². The van der Waals surface area contributed by atoms with Crippen LogP contribution in [-0.2, 0) is 0 Å². The maximum atomic E-state index is 10.8. The van der Waals surface area contributed by atoms with E-state index in [1.807, 2.05) is 30.3 Å². The second-order valence-electron chi connectivity index (χ2n) is 4.44. The van der Waals surface area contributed by atoms with Crippen LogP contribution in [0.1, 0.15) is 11.5 Å². The minimum Gasteiger partial charge on any atom is -0.491 e. The third-order valence-corrected chi connectivity index (χ3v) is 4.12. The Morgan fingerprint density at radius 2 is 1.95 bits per heavy atom.